The molecule has 0 aliphatic carbocycles. The standard InChI is InChI=1S/C14H21BrN4OS/c1-16-13(10-7-12(15)21-9-10)14-11(20-4)8-17-19(14)6-5-18(2)3/h7-9,13,16H,5-6H2,1-4H3. The Hall–Kier alpha value is -0.890. The Bertz CT molecular complexity index is 581. The lowest BCUT2D eigenvalue weighted by Gasteiger charge is -2.19. The van der Waals surface area contributed by atoms with Crippen molar-refractivity contribution < 1.29 is 4.74 Å². The van der Waals surface area contributed by atoms with Crippen molar-refractivity contribution in [1.82, 2.24) is 20.0 Å². The van der Waals surface area contributed by atoms with Gasteiger partial charge in [0.25, 0.3) is 0 Å². The van der Waals surface area contributed by atoms with Gasteiger partial charge in [0.15, 0.2) is 5.75 Å². The van der Waals surface area contributed by atoms with Crippen LogP contribution in [0.15, 0.2) is 21.4 Å². The summed E-state index contributed by atoms with van der Waals surface area (Å²) in [6.45, 7) is 1.76. The Labute approximate surface area is 138 Å². The summed E-state index contributed by atoms with van der Waals surface area (Å²) in [5, 5.41) is 9.99. The molecular weight excluding hydrogens is 352 g/mol. The molecule has 7 heteroatoms. The second-order valence-corrected chi connectivity index (χ2v) is 7.32. The first-order valence-corrected chi connectivity index (χ1v) is 8.39. The lowest BCUT2D eigenvalue weighted by molar-refractivity contribution is 0.361. The number of hydrogen-bond acceptors (Lipinski definition) is 5. The monoisotopic (exact) mass is 372 g/mol. The third-order valence-electron chi connectivity index (χ3n) is 3.31. The van der Waals surface area contributed by atoms with Crippen LogP contribution in [0.1, 0.15) is 17.3 Å². The van der Waals surface area contributed by atoms with Gasteiger partial charge in [-0.1, -0.05) is 0 Å². The fourth-order valence-electron chi connectivity index (χ4n) is 2.24. The fourth-order valence-corrected chi connectivity index (χ4v) is 3.44. The van der Waals surface area contributed by atoms with Gasteiger partial charge >= 0.3 is 0 Å². The van der Waals surface area contributed by atoms with Crippen LogP contribution in [0.3, 0.4) is 0 Å². The summed E-state index contributed by atoms with van der Waals surface area (Å²) < 4.78 is 8.64. The second-order valence-electron chi connectivity index (χ2n) is 5.03. The minimum absolute atomic E-state index is 0.0622. The maximum atomic E-state index is 5.50. The lowest BCUT2D eigenvalue weighted by atomic mass is 10.1. The van der Waals surface area contributed by atoms with E-state index < -0.39 is 0 Å². The van der Waals surface area contributed by atoms with E-state index in [1.165, 1.54) is 5.56 Å². The molecule has 0 amide bonds. The van der Waals surface area contributed by atoms with Gasteiger partial charge in [-0.2, -0.15) is 5.10 Å². The summed E-state index contributed by atoms with van der Waals surface area (Å²) in [4.78, 5) is 2.15. The number of likely N-dealkylation sites (N-methyl/N-ethyl adjacent to an activating group) is 1. The second kappa shape index (κ2) is 7.40. The molecule has 0 bridgehead atoms. The van der Waals surface area contributed by atoms with Crippen LogP contribution < -0.4 is 10.1 Å². The van der Waals surface area contributed by atoms with E-state index in [-0.39, 0.29) is 6.04 Å². The van der Waals surface area contributed by atoms with Crippen molar-refractivity contribution in [2.75, 3.05) is 34.8 Å². The number of methoxy groups -OCH3 is 1. The third kappa shape index (κ3) is 3.85. The van der Waals surface area contributed by atoms with E-state index in [0.717, 1.165) is 28.3 Å². The van der Waals surface area contributed by atoms with Gasteiger partial charge in [-0.05, 0) is 54.1 Å². The van der Waals surface area contributed by atoms with Crippen LogP contribution >= 0.6 is 27.3 Å². The first-order chi connectivity index (χ1) is 10.1. The molecule has 2 rings (SSSR count). The van der Waals surface area contributed by atoms with Gasteiger partial charge in [0.1, 0.15) is 5.69 Å². The Morgan fingerprint density at radius 2 is 2.29 bits per heavy atom. The number of thiophene rings is 1. The zero-order valence-corrected chi connectivity index (χ0v) is 15.2. The largest absolute Gasteiger partial charge is 0.493 e. The van der Waals surface area contributed by atoms with Crippen LogP contribution in [-0.2, 0) is 6.54 Å². The zero-order valence-electron chi connectivity index (χ0n) is 12.8. The van der Waals surface area contributed by atoms with Crippen molar-refractivity contribution >= 4 is 27.3 Å². The molecule has 0 radical (unpaired) electrons. The Morgan fingerprint density at radius 3 is 2.81 bits per heavy atom. The van der Waals surface area contributed by atoms with Crippen molar-refractivity contribution in [2.24, 2.45) is 0 Å². The zero-order chi connectivity index (χ0) is 15.4. The molecule has 1 unspecified atom stereocenters. The highest BCUT2D eigenvalue weighted by Crippen LogP contribution is 2.33. The number of halogens is 1. The molecule has 0 aliphatic heterocycles. The van der Waals surface area contributed by atoms with Gasteiger partial charge in [-0.3, -0.25) is 4.68 Å². The van der Waals surface area contributed by atoms with Gasteiger partial charge in [0, 0.05) is 6.54 Å². The number of hydrogen-bond donors (Lipinski definition) is 1. The van der Waals surface area contributed by atoms with E-state index in [4.69, 9.17) is 4.74 Å². The van der Waals surface area contributed by atoms with Crippen molar-refractivity contribution in [3.8, 4) is 5.75 Å². The van der Waals surface area contributed by atoms with Crippen LogP contribution in [0.25, 0.3) is 0 Å². The minimum Gasteiger partial charge on any atom is -0.493 e. The van der Waals surface area contributed by atoms with Crippen molar-refractivity contribution in [3.05, 3.63) is 32.7 Å². The predicted molar refractivity (Wildman–Crippen MR) is 90.3 cm³/mol. The van der Waals surface area contributed by atoms with Gasteiger partial charge in [0.2, 0.25) is 0 Å². The van der Waals surface area contributed by atoms with E-state index in [1.807, 2.05) is 11.7 Å². The molecule has 0 saturated carbocycles. The van der Waals surface area contributed by atoms with E-state index in [2.05, 4.69) is 56.8 Å². The summed E-state index contributed by atoms with van der Waals surface area (Å²) >= 11 is 5.21. The molecule has 116 valence electrons. The average Bonchev–Trinajstić information content (AvgIpc) is 3.05. The first kappa shape index (κ1) is 16.5. The van der Waals surface area contributed by atoms with Crippen molar-refractivity contribution in [1.29, 1.82) is 0 Å². The first-order valence-electron chi connectivity index (χ1n) is 6.72. The number of ether oxygens (including phenoxy) is 1. The maximum absolute atomic E-state index is 5.50. The molecule has 5 nitrogen and oxygen atoms in total. The van der Waals surface area contributed by atoms with Gasteiger partial charge < -0.3 is 15.0 Å². The fraction of sp³-hybridized carbons (Fsp3) is 0.500. The molecule has 0 aliphatic rings. The summed E-state index contributed by atoms with van der Waals surface area (Å²) in [5.74, 6) is 0.815. The van der Waals surface area contributed by atoms with Crippen LogP contribution in [0.4, 0.5) is 0 Å². The number of nitrogens with zero attached hydrogens (tertiary/aromatic N) is 3. The summed E-state index contributed by atoms with van der Waals surface area (Å²) in [6.07, 6.45) is 1.79. The molecule has 21 heavy (non-hydrogen) atoms. The van der Waals surface area contributed by atoms with Crippen molar-refractivity contribution in [2.45, 2.75) is 12.6 Å². The molecule has 1 N–H and O–H groups in total. The van der Waals surface area contributed by atoms with Crippen LogP contribution in [0.5, 0.6) is 5.75 Å². The van der Waals surface area contributed by atoms with E-state index in [0.29, 0.717) is 0 Å². The number of nitrogens with one attached hydrogen (secondary N) is 1. The predicted octanol–water partition coefficient (Wildman–Crippen LogP) is 2.59. The van der Waals surface area contributed by atoms with Gasteiger partial charge in [0.05, 0.1) is 29.7 Å². The van der Waals surface area contributed by atoms with Gasteiger partial charge in [-0.25, -0.2) is 0 Å². The maximum Gasteiger partial charge on any atom is 0.161 e. The molecule has 0 aromatic carbocycles. The summed E-state index contributed by atoms with van der Waals surface area (Å²) in [7, 11) is 7.77. The van der Waals surface area contributed by atoms with E-state index in [9.17, 15) is 0 Å². The van der Waals surface area contributed by atoms with Crippen molar-refractivity contribution in [3.63, 3.8) is 0 Å². The molecule has 2 heterocycles. The Balaban J connectivity index is 2.36. The third-order valence-corrected chi connectivity index (χ3v) is 4.83. The van der Waals surface area contributed by atoms with E-state index in [1.54, 1.807) is 24.6 Å². The highest BCUT2D eigenvalue weighted by atomic mass is 79.9. The minimum atomic E-state index is 0.0622. The normalized spacial score (nSPS) is 12.9. The topological polar surface area (TPSA) is 42.3 Å². The number of rotatable bonds is 7. The SMILES string of the molecule is CNC(c1csc(Br)c1)c1c(OC)cnn1CCN(C)C. The molecule has 1 atom stereocenters. The quantitative estimate of drug-likeness (QED) is 0.810. The Morgan fingerprint density at radius 1 is 1.52 bits per heavy atom. The highest BCUT2D eigenvalue weighted by Gasteiger charge is 2.23. The number of aromatic nitrogens is 2. The molecule has 2 aromatic rings. The molecule has 0 spiro atoms. The molecular formula is C14H21BrN4OS. The average molecular weight is 373 g/mol. The lowest BCUT2D eigenvalue weighted by Crippen LogP contribution is -2.25. The summed E-state index contributed by atoms with van der Waals surface area (Å²) in [6, 6.07) is 2.20. The molecule has 2 aromatic heterocycles. The molecule has 0 fully saturated rings. The van der Waals surface area contributed by atoms with E-state index >= 15 is 0 Å². The van der Waals surface area contributed by atoms with Crippen LogP contribution in [-0.4, -0.2) is 49.5 Å². The van der Waals surface area contributed by atoms with Crippen LogP contribution in [0, 0.1) is 0 Å². The molecule has 0 saturated heterocycles. The smallest absolute Gasteiger partial charge is 0.161 e. The highest BCUT2D eigenvalue weighted by molar-refractivity contribution is 9.11. The Kier molecular flexibility index (Phi) is 5.80. The summed E-state index contributed by atoms with van der Waals surface area (Å²) in [5.41, 5.74) is 2.27. The van der Waals surface area contributed by atoms with Crippen LogP contribution in [0.2, 0.25) is 0 Å². The van der Waals surface area contributed by atoms with Gasteiger partial charge in [-0.15, -0.1) is 11.3 Å².